The predicted octanol–water partition coefficient (Wildman–Crippen LogP) is 19.1. The summed E-state index contributed by atoms with van der Waals surface area (Å²) in [5.74, 6) is -0.932. The van der Waals surface area contributed by atoms with Crippen molar-refractivity contribution in [2.45, 2.75) is 258 Å². The molecule has 1 atom stereocenters. The molecule has 0 aliphatic heterocycles. The Morgan fingerprint density at radius 1 is 0.304 bits per heavy atom. The van der Waals surface area contributed by atoms with Crippen molar-refractivity contribution in [2.24, 2.45) is 0 Å². The van der Waals surface area contributed by atoms with Crippen LogP contribution in [0.3, 0.4) is 0 Å². The third-order valence-corrected chi connectivity index (χ3v) is 11.7. The summed E-state index contributed by atoms with van der Waals surface area (Å²) < 4.78 is 16.8. The van der Waals surface area contributed by atoms with E-state index in [0.29, 0.717) is 19.3 Å². The third-order valence-electron chi connectivity index (χ3n) is 11.7. The molecule has 6 nitrogen and oxygen atoms in total. The van der Waals surface area contributed by atoms with Crippen LogP contribution in [-0.2, 0) is 28.6 Å². The molecule has 0 radical (unpaired) electrons. The maximum Gasteiger partial charge on any atom is 0.306 e. The second-order valence-corrected chi connectivity index (χ2v) is 18.4. The normalized spacial score (nSPS) is 12.9. The van der Waals surface area contributed by atoms with Gasteiger partial charge in [0.1, 0.15) is 13.2 Å². The van der Waals surface area contributed by atoms with E-state index in [-0.39, 0.29) is 31.1 Å². The van der Waals surface area contributed by atoms with Gasteiger partial charge < -0.3 is 14.2 Å². The van der Waals surface area contributed by atoms with Gasteiger partial charge in [0.05, 0.1) is 0 Å². The van der Waals surface area contributed by atoms with Crippen molar-refractivity contribution < 1.29 is 28.6 Å². The van der Waals surface area contributed by atoms with Crippen LogP contribution in [-0.4, -0.2) is 37.2 Å². The molecule has 0 aromatic heterocycles. The fourth-order valence-corrected chi connectivity index (χ4v) is 7.54. The maximum atomic E-state index is 12.9. The number of hydrogen-bond acceptors (Lipinski definition) is 6. The van der Waals surface area contributed by atoms with Crippen LogP contribution in [0.1, 0.15) is 252 Å². The first-order valence-corrected chi connectivity index (χ1v) is 28.4. The van der Waals surface area contributed by atoms with Crippen LogP contribution < -0.4 is 0 Å². The van der Waals surface area contributed by atoms with Crippen LogP contribution in [0.25, 0.3) is 0 Å². The average molecular weight is 958 g/mol. The number of carbonyl (C=O) groups excluding carboxylic acids is 3. The first-order chi connectivity index (χ1) is 34.0. The second-order valence-electron chi connectivity index (χ2n) is 18.4. The third kappa shape index (κ3) is 54.9. The Kier molecular flexibility index (Phi) is 53.4. The standard InChI is InChI=1S/C63H104O6/c1-4-7-10-13-16-19-22-25-28-30-31-33-35-38-41-44-47-50-53-56-62(65)68-59-60(58-67-61(64)55-52-49-46-43-40-37-34-27-24-21-18-15-12-9-6-3)69-63(66)57-54-51-48-45-42-39-36-32-29-26-23-20-17-14-11-8-5-2/h7-8,10-11,16-21,25-29,31,33-34,60H,4-6,9,12-15,22-24,30,32,35-59H2,1-3H3/b10-7-,11-8-,19-16-,20-17-,21-18-,28-25-,29-26-,33-31-,34-27-. The van der Waals surface area contributed by atoms with E-state index in [9.17, 15) is 14.4 Å². The minimum atomic E-state index is -0.798. The molecule has 392 valence electrons. The molecule has 0 heterocycles. The first kappa shape index (κ1) is 65.1. The smallest absolute Gasteiger partial charge is 0.306 e. The summed E-state index contributed by atoms with van der Waals surface area (Å²) in [6, 6.07) is 0. The lowest BCUT2D eigenvalue weighted by Gasteiger charge is -2.18. The highest BCUT2D eigenvalue weighted by molar-refractivity contribution is 5.71. The topological polar surface area (TPSA) is 78.9 Å². The van der Waals surface area contributed by atoms with Crippen molar-refractivity contribution in [3.8, 4) is 0 Å². The summed E-state index contributed by atoms with van der Waals surface area (Å²) in [6.45, 7) is 6.36. The number of carbonyl (C=O) groups is 3. The van der Waals surface area contributed by atoms with Crippen molar-refractivity contribution in [3.05, 3.63) is 109 Å². The van der Waals surface area contributed by atoms with E-state index in [1.807, 2.05) is 0 Å². The zero-order valence-electron chi connectivity index (χ0n) is 44.8. The zero-order chi connectivity index (χ0) is 50.0. The maximum absolute atomic E-state index is 12.9. The summed E-state index contributed by atoms with van der Waals surface area (Å²) in [7, 11) is 0. The SMILES string of the molecule is CC/C=C\C/C=C\C/C=C\C/C=C\CCCCCCCCC(=O)OCC(COC(=O)CCCCCCC/C=C\C/C=C\CCCCC)OC(=O)CCCCCCCCC/C=C\C/C=C\C/C=C\CC. The molecule has 0 rings (SSSR count). The lowest BCUT2D eigenvalue weighted by molar-refractivity contribution is -0.167. The quantitative estimate of drug-likeness (QED) is 0.0262. The van der Waals surface area contributed by atoms with Gasteiger partial charge in [-0.25, -0.2) is 0 Å². The second kappa shape index (κ2) is 56.7. The molecule has 0 aliphatic carbocycles. The number of rotatable bonds is 50. The number of esters is 3. The van der Waals surface area contributed by atoms with Crippen molar-refractivity contribution in [1.29, 1.82) is 0 Å². The van der Waals surface area contributed by atoms with E-state index in [4.69, 9.17) is 14.2 Å². The Labute approximate surface area is 425 Å². The van der Waals surface area contributed by atoms with Crippen LogP contribution in [0.15, 0.2) is 109 Å². The van der Waals surface area contributed by atoms with Crippen molar-refractivity contribution >= 4 is 17.9 Å². The lowest BCUT2D eigenvalue weighted by Crippen LogP contribution is -2.30. The summed E-state index contributed by atoms with van der Waals surface area (Å²) in [6.07, 6.45) is 76.4. The van der Waals surface area contributed by atoms with E-state index < -0.39 is 6.10 Å². The van der Waals surface area contributed by atoms with E-state index in [1.165, 1.54) is 64.2 Å². The van der Waals surface area contributed by atoms with Gasteiger partial charge in [-0.3, -0.25) is 14.4 Å². The van der Waals surface area contributed by atoms with Gasteiger partial charge in [0.25, 0.3) is 0 Å². The van der Waals surface area contributed by atoms with Gasteiger partial charge in [-0.15, -0.1) is 0 Å². The van der Waals surface area contributed by atoms with Gasteiger partial charge in [0.15, 0.2) is 6.10 Å². The van der Waals surface area contributed by atoms with Crippen LogP contribution in [0.4, 0.5) is 0 Å². The molecule has 0 saturated heterocycles. The number of unbranched alkanes of at least 4 members (excludes halogenated alkanes) is 21. The molecule has 0 amide bonds. The molecule has 0 aromatic rings. The van der Waals surface area contributed by atoms with Crippen molar-refractivity contribution in [3.63, 3.8) is 0 Å². The van der Waals surface area contributed by atoms with Crippen molar-refractivity contribution in [2.75, 3.05) is 13.2 Å². The van der Waals surface area contributed by atoms with E-state index in [1.54, 1.807) is 0 Å². The molecule has 0 fully saturated rings. The molecule has 0 aliphatic rings. The lowest BCUT2D eigenvalue weighted by atomic mass is 10.1. The van der Waals surface area contributed by atoms with Gasteiger partial charge in [0.2, 0.25) is 0 Å². The molecule has 1 unspecified atom stereocenters. The summed E-state index contributed by atoms with van der Waals surface area (Å²) in [4.78, 5) is 38.2. The highest BCUT2D eigenvalue weighted by Gasteiger charge is 2.19. The van der Waals surface area contributed by atoms with E-state index in [2.05, 4.69) is 130 Å². The Morgan fingerprint density at radius 2 is 0.565 bits per heavy atom. The Balaban J connectivity index is 4.46. The minimum absolute atomic E-state index is 0.0957. The van der Waals surface area contributed by atoms with Crippen LogP contribution in [0, 0.1) is 0 Å². The minimum Gasteiger partial charge on any atom is -0.462 e. The molecular weight excluding hydrogens is 853 g/mol. The molecule has 0 spiro atoms. The number of hydrogen-bond donors (Lipinski definition) is 0. The van der Waals surface area contributed by atoms with Gasteiger partial charge in [-0.1, -0.05) is 220 Å². The Hall–Kier alpha value is -3.93. The number of allylic oxidation sites excluding steroid dienone is 18. The Bertz CT molecular complexity index is 1420. The first-order valence-electron chi connectivity index (χ1n) is 28.4. The molecule has 69 heavy (non-hydrogen) atoms. The molecule has 0 N–H and O–H groups in total. The monoisotopic (exact) mass is 957 g/mol. The zero-order valence-corrected chi connectivity index (χ0v) is 44.8. The fraction of sp³-hybridized carbons (Fsp3) is 0.667. The van der Waals surface area contributed by atoms with Crippen molar-refractivity contribution in [1.82, 2.24) is 0 Å². The highest BCUT2D eigenvalue weighted by atomic mass is 16.6. The number of ether oxygens (including phenoxy) is 3. The highest BCUT2D eigenvalue weighted by Crippen LogP contribution is 2.14. The van der Waals surface area contributed by atoms with Crippen LogP contribution in [0.5, 0.6) is 0 Å². The summed E-state index contributed by atoms with van der Waals surface area (Å²) >= 11 is 0. The summed E-state index contributed by atoms with van der Waals surface area (Å²) in [5.41, 5.74) is 0. The summed E-state index contributed by atoms with van der Waals surface area (Å²) in [5, 5.41) is 0. The van der Waals surface area contributed by atoms with Crippen LogP contribution >= 0.6 is 0 Å². The van der Waals surface area contributed by atoms with Gasteiger partial charge in [-0.2, -0.15) is 0 Å². The largest absolute Gasteiger partial charge is 0.462 e. The molecule has 0 aromatic carbocycles. The Morgan fingerprint density at radius 3 is 0.884 bits per heavy atom. The van der Waals surface area contributed by atoms with Gasteiger partial charge >= 0.3 is 17.9 Å². The predicted molar refractivity (Wildman–Crippen MR) is 297 cm³/mol. The van der Waals surface area contributed by atoms with E-state index >= 15 is 0 Å². The van der Waals surface area contributed by atoms with E-state index in [0.717, 1.165) is 148 Å². The molecule has 0 saturated carbocycles. The molecular formula is C63H104O6. The fourth-order valence-electron chi connectivity index (χ4n) is 7.54. The average Bonchev–Trinajstić information content (AvgIpc) is 3.35. The van der Waals surface area contributed by atoms with Gasteiger partial charge in [0, 0.05) is 19.3 Å². The van der Waals surface area contributed by atoms with Gasteiger partial charge in [-0.05, 0) is 122 Å². The molecule has 6 heteroatoms. The van der Waals surface area contributed by atoms with Crippen LogP contribution in [0.2, 0.25) is 0 Å². The molecule has 0 bridgehead atoms.